The lowest BCUT2D eigenvalue weighted by atomic mass is 9.76. The average Bonchev–Trinajstić information content (AvgIpc) is 3.07. The molecular weight excluding hydrogens is 408 g/mol. The zero-order valence-corrected chi connectivity index (χ0v) is 17.9. The van der Waals surface area contributed by atoms with Crippen LogP contribution in [-0.2, 0) is 14.3 Å². The number of carbonyl (C=O) groups is 3. The zero-order valence-electron chi connectivity index (χ0n) is 17.9. The molecule has 7 heteroatoms. The number of alkyl carbamates (subject to hydrolysis) is 1. The van der Waals surface area contributed by atoms with Gasteiger partial charge in [-0.3, -0.25) is 9.59 Å². The van der Waals surface area contributed by atoms with Gasteiger partial charge in [-0.2, -0.15) is 0 Å². The Morgan fingerprint density at radius 1 is 0.969 bits per heavy atom. The Morgan fingerprint density at radius 2 is 1.59 bits per heavy atom. The van der Waals surface area contributed by atoms with E-state index in [1.165, 1.54) is 0 Å². The van der Waals surface area contributed by atoms with E-state index in [4.69, 9.17) is 4.74 Å². The van der Waals surface area contributed by atoms with Crippen LogP contribution in [0.1, 0.15) is 42.7 Å². The van der Waals surface area contributed by atoms with E-state index in [-0.39, 0.29) is 43.9 Å². The molecule has 1 unspecified atom stereocenters. The second-order valence-corrected chi connectivity index (χ2v) is 8.44. The van der Waals surface area contributed by atoms with Crippen molar-refractivity contribution in [3.05, 3.63) is 59.7 Å². The Balaban J connectivity index is 1.20. The maximum absolute atomic E-state index is 12.2. The van der Waals surface area contributed by atoms with E-state index >= 15 is 0 Å². The number of rotatable bonds is 9. The molecule has 0 saturated heterocycles. The number of hydrogen-bond acceptors (Lipinski definition) is 4. The van der Waals surface area contributed by atoms with Crippen LogP contribution >= 0.6 is 0 Å². The first kappa shape index (κ1) is 21.9. The molecule has 3 N–H and O–H groups in total. The minimum Gasteiger partial charge on any atom is -0.481 e. The highest BCUT2D eigenvalue weighted by Gasteiger charge is 2.32. The van der Waals surface area contributed by atoms with Gasteiger partial charge in [-0.05, 0) is 41.0 Å². The monoisotopic (exact) mass is 436 g/mol. The van der Waals surface area contributed by atoms with E-state index in [0.29, 0.717) is 0 Å². The summed E-state index contributed by atoms with van der Waals surface area (Å²) in [5, 5.41) is 14.6. The van der Waals surface area contributed by atoms with E-state index in [9.17, 15) is 19.5 Å². The predicted octanol–water partition coefficient (Wildman–Crippen LogP) is 3.53. The molecule has 2 aliphatic rings. The maximum atomic E-state index is 12.2. The van der Waals surface area contributed by atoms with Crippen molar-refractivity contribution < 1.29 is 24.2 Å². The summed E-state index contributed by atoms with van der Waals surface area (Å²) in [5.74, 6) is -1.56. The average molecular weight is 437 g/mol. The van der Waals surface area contributed by atoms with E-state index in [1.807, 2.05) is 24.3 Å². The molecule has 2 aromatic carbocycles. The highest BCUT2D eigenvalue weighted by Crippen LogP contribution is 2.44. The van der Waals surface area contributed by atoms with Gasteiger partial charge in [0.1, 0.15) is 6.61 Å². The second kappa shape index (κ2) is 9.85. The molecule has 168 valence electrons. The second-order valence-electron chi connectivity index (χ2n) is 8.44. The summed E-state index contributed by atoms with van der Waals surface area (Å²) in [5.41, 5.74) is 4.60. The fourth-order valence-corrected chi connectivity index (χ4v) is 4.54. The summed E-state index contributed by atoms with van der Waals surface area (Å²) in [6, 6.07) is 16.2. The van der Waals surface area contributed by atoms with Gasteiger partial charge >= 0.3 is 12.1 Å². The third kappa shape index (κ3) is 4.77. The van der Waals surface area contributed by atoms with Crippen molar-refractivity contribution >= 4 is 18.0 Å². The Hall–Kier alpha value is -3.35. The van der Waals surface area contributed by atoms with Crippen LogP contribution < -0.4 is 10.6 Å². The lowest BCUT2D eigenvalue weighted by molar-refractivity contribution is -0.144. The van der Waals surface area contributed by atoms with Crippen LogP contribution in [0.5, 0.6) is 0 Å². The van der Waals surface area contributed by atoms with Gasteiger partial charge in [0.15, 0.2) is 0 Å². The van der Waals surface area contributed by atoms with Gasteiger partial charge in [-0.15, -0.1) is 0 Å². The van der Waals surface area contributed by atoms with Crippen molar-refractivity contribution in [3.8, 4) is 11.1 Å². The molecule has 7 nitrogen and oxygen atoms in total. The number of benzene rings is 2. The number of carboxylic acids is 1. The molecule has 1 fully saturated rings. The van der Waals surface area contributed by atoms with Gasteiger partial charge < -0.3 is 20.5 Å². The van der Waals surface area contributed by atoms with Crippen LogP contribution in [0.4, 0.5) is 4.79 Å². The van der Waals surface area contributed by atoms with Crippen LogP contribution in [0.25, 0.3) is 11.1 Å². The van der Waals surface area contributed by atoms with Gasteiger partial charge in [-0.1, -0.05) is 55.0 Å². The summed E-state index contributed by atoms with van der Waals surface area (Å²) < 4.78 is 5.45. The van der Waals surface area contributed by atoms with E-state index < -0.39 is 18.0 Å². The summed E-state index contributed by atoms with van der Waals surface area (Å²) in [6.07, 6.45) is 2.34. The molecule has 0 aromatic heterocycles. The molecule has 0 aliphatic heterocycles. The third-order valence-corrected chi connectivity index (χ3v) is 6.52. The fourth-order valence-electron chi connectivity index (χ4n) is 4.54. The Morgan fingerprint density at radius 3 is 2.16 bits per heavy atom. The van der Waals surface area contributed by atoms with Gasteiger partial charge in [-0.25, -0.2) is 4.79 Å². The number of fused-ring (bicyclic) bond motifs is 3. The lowest BCUT2D eigenvalue weighted by Crippen LogP contribution is -2.40. The summed E-state index contributed by atoms with van der Waals surface area (Å²) in [6.45, 7) is 0.473. The largest absolute Gasteiger partial charge is 0.481 e. The minimum absolute atomic E-state index is 0.0177. The molecule has 2 aliphatic carbocycles. The molecule has 0 heterocycles. The highest BCUT2D eigenvalue weighted by molar-refractivity contribution is 5.80. The minimum atomic E-state index is -0.869. The smallest absolute Gasteiger partial charge is 0.407 e. The Bertz CT molecular complexity index is 956. The fraction of sp³-hybridized carbons (Fsp3) is 0.400. The molecule has 1 atom stereocenters. The molecule has 0 bridgehead atoms. The number of carboxylic acid groups (broad SMARTS) is 1. The zero-order chi connectivity index (χ0) is 22.5. The Labute approximate surface area is 187 Å². The summed E-state index contributed by atoms with van der Waals surface area (Å²) >= 11 is 0. The summed E-state index contributed by atoms with van der Waals surface area (Å²) in [4.78, 5) is 35.5. The van der Waals surface area contributed by atoms with E-state index in [1.54, 1.807) is 0 Å². The number of carbonyl (C=O) groups excluding carboxylic acids is 2. The Kier molecular flexibility index (Phi) is 6.73. The molecule has 0 radical (unpaired) electrons. The van der Waals surface area contributed by atoms with Crippen molar-refractivity contribution in [1.29, 1.82) is 0 Å². The van der Waals surface area contributed by atoms with Crippen molar-refractivity contribution in [3.63, 3.8) is 0 Å². The normalized spacial score (nSPS) is 15.8. The first-order valence-electron chi connectivity index (χ1n) is 11.1. The first-order chi connectivity index (χ1) is 15.5. The topological polar surface area (TPSA) is 105 Å². The molecular formula is C25H28N2O5. The van der Waals surface area contributed by atoms with Crippen LogP contribution in [-0.4, -0.2) is 42.8 Å². The summed E-state index contributed by atoms with van der Waals surface area (Å²) in [7, 11) is 0. The number of amides is 2. The first-order valence-corrected chi connectivity index (χ1v) is 11.1. The number of aliphatic carboxylic acids is 1. The standard InChI is InChI=1S/C25H28N2O5/c28-23(27-14-21(24(29)30)16-6-5-7-16)12-13-26-25(31)32-15-22-19-10-3-1-8-17(19)18-9-2-4-11-20(18)22/h1-4,8-11,16,21-22H,5-7,12-15H2,(H,26,31)(H,27,28)(H,29,30). The molecule has 4 rings (SSSR count). The quantitative estimate of drug-likeness (QED) is 0.558. The van der Waals surface area contributed by atoms with Crippen molar-refractivity contribution in [1.82, 2.24) is 10.6 Å². The predicted molar refractivity (Wildman–Crippen MR) is 119 cm³/mol. The van der Waals surface area contributed by atoms with Crippen LogP contribution in [0.3, 0.4) is 0 Å². The SMILES string of the molecule is O=C(CCNC(=O)OCC1c2ccccc2-c2ccccc21)NCC(C(=O)O)C1CCC1. The molecule has 32 heavy (non-hydrogen) atoms. The van der Waals surface area contributed by atoms with Crippen molar-refractivity contribution in [2.45, 2.75) is 31.6 Å². The van der Waals surface area contributed by atoms with Crippen molar-refractivity contribution in [2.24, 2.45) is 11.8 Å². The number of ether oxygens (including phenoxy) is 1. The van der Waals surface area contributed by atoms with Gasteiger partial charge in [0.05, 0.1) is 5.92 Å². The molecule has 1 saturated carbocycles. The molecule has 2 aromatic rings. The number of hydrogen-bond donors (Lipinski definition) is 3. The van der Waals surface area contributed by atoms with E-state index in [0.717, 1.165) is 41.5 Å². The van der Waals surface area contributed by atoms with Gasteiger partial charge in [0.25, 0.3) is 0 Å². The van der Waals surface area contributed by atoms with Crippen LogP contribution in [0, 0.1) is 11.8 Å². The van der Waals surface area contributed by atoms with Gasteiger partial charge in [0, 0.05) is 25.4 Å². The van der Waals surface area contributed by atoms with Crippen LogP contribution in [0.2, 0.25) is 0 Å². The molecule has 2 amide bonds. The van der Waals surface area contributed by atoms with Crippen LogP contribution in [0.15, 0.2) is 48.5 Å². The highest BCUT2D eigenvalue weighted by atomic mass is 16.5. The molecule has 0 spiro atoms. The van der Waals surface area contributed by atoms with E-state index in [2.05, 4.69) is 34.9 Å². The maximum Gasteiger partial charge on any atom is 0.407 e. The number of nitrogens with one attached hydrogen (secondary N) is 2. The van der Waals surface area contributed by atoms with Crippen molar-refractivity contribution in [2.75, 3.05) is 19.7 Å². The third-order valence-electron chi connectivity index (χ3n) is 6.52. The lowest BCUT2D eigenvalue weighted by Gasteiger charge is -2.31. The van der Waals surface area contributed by atoms with Gasteiger partial charge in [0.2, 0.25) is 5.91 Å².